The molecule has 1 aromatic heterocycles. The number of morpholine rings is 1. The van der Waals surface area contributed by atoms with E-state index in [1.165, 1.54) is 12.1 Å². The molecule has 2 aromatic carbocycles. The summed E-state index contributed by atoms with van der Waals surface area (Å²) in [5, 5.41) is 13.4. The molecule has 196 valence electrons. The number of nitrogens with one attached hydrogen (secondary N) is 1. The van der Waals surface area contributed by atoms with Gasteiger partial charge in [-0.25, -0.2) is 4.79 Å². The number of rotatable bonds is 9. The lowest BCUT2D eigenvalue weighted by molar-refractivity contribution is 0.0358. The van der Waals surface area contributed by atoms with E-state index in [1.54, 1.807) is 12.1 Å². The third-order valence-electron chi connectivity index (χ3n) is 6.40. The first kappa shape index (κ1) is 26.4. The van der Waals surface area contributed by atoms with Crippen LogP contribution in [0.4, 0.5) is 5.69 Å². The van der Waals surface area contributed by atoms with Crippen molar-refractivity contribution in [3.63, 3.8) is 0 Å². The fourth-order valence-electron chi connectivity index (χ4n) is 4.24. The lowest BCUT2D eigenvalue weighted by atomic mass is 10.0. The number of carbonyl (C=O) groups is 1. The first-order valence-electron chi connectivity index (χ1n) is 12.6. The Kier molecular flexibility index (Phi) is 8.63. The highest BCUT2D eigenvalue weighted by Gasteiger charge is 2.15. The van der Waals surface area contributed by atoms with Crippen molar-refractivity contribution in [2.24, 2.45) is 0 Å². The van der Waals surface area contributed by atoms with E-state index < -0.39 is 11.5 Å². The molecule has 8 heteroatoms. The molecule has 0 aliphatic carbocycles. The first-order valence-corrected chi connectivity index (χ1v) is 12.6. The van der Waals surface area contributed by atoms with E-state index >= 15 is 0 Å². The van der Waals surface area contributed by atoms with E-state index in [2.05, 4.69) is 10.2 Å². The molecule has 0 unspecified atom stereocenters. The van der Waals surface area contributed by atoms with Crippen LogP contribution in [-0.4, -0.2) is 55.4 Å². The Morgan fingerprint density at radius 1 is 1.16 bits per heavy atom. The molecule has 0 radical (unpaired) electrons. The average molecular weight is 507 g/mol. The summed E-state index contributed by atoms with van der Waals surface area (Å²) < 4.78 is 16.9. The Morgan fingerprint density at radius 2 is 1.95 bits per heavy atom. The van der Waals surface area contributed by atoms with Crippen LogP contribution in [0.15, 0.2) is 57.3 Å². The molecule has 4 rings (SSSR count). The maximum atomic E-state index is 12.9. The van der Waals surface area contributed by atoms with Crippen molar-refractivity contribution in [3.8, 4) is 11.5 Å². The summed E-state index contributed by atoms with van der Waals surface area (Å²) in [6.07, 6.45) is 3.36. The molecule has 1 amide bonds. The number of anilines is 1. The number of amides is 1. The van der Waals surface area contributed by atoms with Gasteiger partial charge in [-0.05, 0) is 75.6 Å². The molecule has 0 bridgehead atoms. The standard InChI is InChI=1S/C29H34N2O6/c1-19(2)5-6-21-17-23(7-9-25(21)32)28(33)30-24-18-22-8-10-26(20(3)27(22)37-29(24)34)36-14-4-11-31-12-15-35-16-13-31/h5,7-10,17-18,32H,4,6,11-16H2,1-3H3,(H,30,33). The SMILES string of the molecule is CC(C)=CCc1cc(C(=O)Nc2cc3ccc(OCCCN4CCOCC4)c(C)c3oc2=O)ccc1O. The van der Waals surface area contributed by atoms with Gasteiger partial charge in [-0.3, -0.25) is 9.69 Å². The van der Waals surface area contributed by atoms with Crippen LogP contribution in [0.25, 0.3) is 11.0 Å². The van der Waals surface area contributed by atoms with Crippen molar-refractivity contribution in [2.75, 3.05) is 44.8 Å². The van der Waals surface area contributed by atoms with E-state index in [0.29, 0.717) is 40.9 Å². The molecule has 0 saturated carbocycles. The molecule has 0 spiro atoms. The van der Waals surface area contributed by atoms with Crippen LogP contribution in [0.2, 0.25) is 0 Å². The monoisotopic (exact) mass is 506 g/mol. The van der Waals surface area contributed by atoms with Gasteiger partial charge in [0.05, 0.1) is 19.8 Å². The van der Waals surface area contributed by atoms with Gasteiger partial charge in [0.2, 0.25) is 0 Å². The van der Waals surface area contributed by atoms with Gasteiger partial charge in [-0.15, -0.1) is 0 Å². The minimum Gasteiger partial charge on any atom is -0.508 e. The molecule has 1 fully saturated rings. The van der Waals surface area contributed by atoms with Gasteiger partial charge in [0.15, 0.2) is 0 Å². The number of carbonyl (C=O) groups excluding carboxylic acids is 1. The number of hydrogen-bond acceptors (Lipinski definition) is 7. The van der Waals surface area contributed by atoms with E-state index in [9.17, 15) is 14.7 Å². The zero-order valence-corrected chi connectivity index (χ0v) is 21.6. The summed E-state index contributed by atoms with van der Waals surface area (Å²) in [6, 6.07) is 9.91. The number of fused-ring (bicyclic) bond motifs is 1. The predicted octanol–water partition coefficient (Wildman–Crippen LogP) is 4.67. The maximum Gasteiger partial charge on any atom is 0.360 e. The summed E-state index contributed by atoms with van der Waals surface area (Å²) in [4.78, 5) is 27.9. The fourth-order valence-corrected chi connectivity index (χ4v) is 4.24. The van der Waals surface area contributed by atoms with Gasteiger partial charge in [-0.1, -0.05) is 11.6 Å². The molecular formula is C29H34N2O6. The van der Waals surface area contributed by atoms with Crippen LogP contribution in [0, 0.1) is 6.92 Å². The zero-order chi connectivity index (χ0) is 26.4. The topological polar surface area (TPSA) is 101 Å². The quantitative estimate of drug-likeness (QED) is 0.247. The number of ether oxygens (including phenoxy) is 2. The van der Waals surface area contributed by atoms with Crippen molar-refractivity contribution >= 4 is 22.6 Å². The summed E-state index contributed by atoms with van der Waals surface area (Å²) in [5.74, 6) is 0.332. The van der Waals surface area contributed by atoms with E-state index in [1.807, 2.05) is 39.0 Å². The molecule has 3 aromatic rings. The Bertz CT molecular complexity index is 1350. The number of benzene rings is 2. The van der Waals surface area contributed by atoms with E-state index in [0.717, 1.165) is 50.4 Å². The van der Waals surface area contributed by atoms with Crippen LogP contribution < -0.4 is 15.7 Å². The Balaban J connectivity index is 1.44. The van der Waals surface area contributed by atoms with Crippen molar-refractivity contribution in [3.05, 3.63) is 75.2 Å². The van der Waals surface area contributed by atoms with Gasteiger partial charge in [0.25, 0.3) is 5.91 Å². The van der Waals surface area contributed by atoms with Crippen LogP contribution >= 0.6 is 0 Å². The number of phenolic OH excluding ortho intramolecular Hbond substituents is 1. The van der Waals surface area contributed by atoms with Crippen molar-refractivity contribution in [1.29, 1.82) is 0 Å². The lowest BCUT2D eigenvalue weighted by Gasteiger charge is -2.26. The summed E-state index contributed by atoms with van der Waals surface area (Å²) >= 11 is 0. The number of hydrogen-bond donors (Lipinski definition) is 2. The molecule has 8 nitrogen and oxygen atoms in total. The number of aryl methyl sites for hydroxylation is 1. The Labute approximate surface area is 216 Å². The maximum absolute atomic E-state index is 12.9. The number of phenols is 1. The van der Waals surface area contributed by atoms with E-state index in [-0.39, 0.29) is 11.4 Å². The van der Waals surface area contributed by atoms with Crippen LogP contribution in [0.5, 0.6) is 11.5 Å². The Morgan fingerprint density at radius 3 is 2.70 bits per heavy atom. The third kappa shape index (κ3) is 6.78. The normalized spacial score (nSPS) is 13.9. The highest BCUT2D eigenvalue weighted by molar-refractivity contribution is 6.05. The first-order chi connectivity index (χ1) is 17.8. The highest BCUT2D eigenvalue weighted by atomic mass is 16.5. The molecule has 1 aliphatic rings. The zero-order valence-electron chi connectivity index (χ0n) is 21.6. The summed E-state index contributed by atoms with van der Waals surface area (Å²) in [7, 11) is 0. The van der Waals surface area contributed by atoms with Gasteiger partial charge >= 0.3 is 5.63 Å². The van der Waals surface area contributed by atoms with E-state index in [4.69, 9.17) is 13.9 Å². The minimum atomic E-state index is -0.642. The smallest absolute Gasteiger partial charge is 0.360 e. The van der Waals surface area contributed by atoms with Gasteiger partial charge in [0, 0.05) is 36.1 Å². The lowest BCUT2D eigenvalue weighted by Crippen LogP contribution is -2.37. The second-order valence-electron chi connectivity index (χ2n) is 9.49. The second-order valence-corrected chi connectivity index (χ2v) is 9.49. The van der Waals surface area contributed by atoms with Crippen molar-refractivity contribution in [2.45, 2.75) is 33.6 Å². The summed E-state index contributed by atoms with van der Waals surface area (Å²) in [5.41, 5.74) is 2.66. The molecule has 2 heterocycles. The molecule has 1 saturated heterocycles. The van der Waals surface area contributed by atoms with Gasteiger partial charge in [0.1, 0.15) is 22.8 Å². The third-order valence-corrected chi connectivity index (χ3v) is 6.40. The van der Waals surface area contributed by atoms with Crippen LogP contribution in [-0.2, 0) is 11.2 Å². The second kappa shape index (κ2) is 12.1. The Hall–Kier alpha value is -3.62. The van der Waals surface area contributed by atoms with Gasteiger partial charge < -0.3 is 24.3 Å². The molecular weight excluding hydrogens is 472 g/mol. The highest BCUT2D eigenvalue weighted by Crippen LogP contribution is 2.28. The average Bonchev–Trinajstić information content (AvgIpc) is 2.88. The number of allylic oxidation sites excluding steroid dienone is 2. The molecule has 37 heavy (non-hydrogen) atoms. The summed E-state index contributed by atoms with van der Waals surface area (Å²) in [6.45, 7) is 10.7. The fraction of sp³-hybridized carbons (Fsp3) is 0.379. The van der Waals surface area contributed by atoms with Crippen LogP contribution in [0.1, 0.15) is 41.8 Å². The largest absolute Gasteiger partial charge is 0.508 e. The van der Waals surface area contributed by atoms with Crippen LogP contribution in [0.3, 0.4) is 0 Å². The molecule has 0 atom stereocenters. The predicted molar refractivity (Wildman–Crippen MR) is 144 cm³/mol. The number of nitrogens with zero attached hydrogens (tertiary/aromatic N) is 1. The molecule has 2 N–H and O–H groups in total. The number of aromatic hydroxyl groups is 1. The van der Waals surface area contributed by atoms with Crippen molar-refractivity contribution in [1.82, 2.24) is 4.90 Å². The van der Waals surface area contributed by atoms with Crippen molar-refractivity contribution < 1.29 is 23.8 Å². The molecule has 1 aliphatic heterocycles. The minimum absolute atomic E-state index is 0.0509. The van der Waals surface area contributed by atoms with Gasteiger partial charge in [-0.2, -0.15) is 0 Å².